The van der Waals surface area contributed by atoms with Crippen LogP contribution in [-0.4, -0.2) is 11.7 Å². The molecule has 0 aliphatic heterocycles. The Balaban J connectivity index is 2.71. The lowest BCUT2D eigenvalue weighted by Crippen LogP contribution is -2.21. The molecule has 0 amide bonds. The van der Waals surface area contributed by atoms with Crippen molar-refractivity contribution in [2.45, 2.75) is 13.0 Å². The molecular weight excluding hydrogens is 150 g/mol. The van der Waals surface area contributed by atoms with Gasteiger partial charge in [0, 0.05) is 12.6 Å². The fourth-order valence-electron chi connectivity index (χ4n) is 1.12. The average Bonchev–Trinajstić information content (AvgIpc) is 2.17. The van der Waals surface area contributed by atoms with Crippen molar-refractivity contribution in [1.82, 2.24) is 0 Å². The summed E-state index contributed by atoms with van der Waals surface area (Å²) in [5, 5.41) is 8.89. The number of benzene rings is 1. The van der Waals surface area contributed by atoms with Crippen LogP contribution in [0.4, 0.5) is 0 Å². The normalized spacial score (nSPS) is 15.6. The first-order chi connectivity index (χ1) is 5.75. The van der Waals surface area contributed by atoms with E-state index in [1.54, 1.807) is 0 Å². The molecule has 0 saturated carbocycles. The van der Waals surface area contributed by atoms with Gasteiger partial charge in [-0.25, -0.2) is 0 Å². The molecule has 0 fully saturated rings. The summed E-state index contributed by atoms with van der Waals surface area (Å²) in [7, 11) is 0. The molecule has 0 radical (unpaired) electrons. The molecular formula is C10H15NO. The van der Waals surface area contributed by atoms with Crippen LogP contribution in [0.1, 0.15) is 18.5 Å². The van der Waals surface area contributed by atoms with Crippen LogP contribution in [0.3, 0.4) is 0 Å². The van der Waals surface area contributed by atoms with E-state index < -0.39 is 0 Å². The molecule has 1 unspecified atom stereocenters. The SMILES string of the molecule is C[C@H](CO)C(N)c1ccccc1. The molecule has 1 aromatic carbocycles. The standard InChI is InChI=1S/C10H15NO/c1-8(7-12)10(11)9-5-3-2-4-6-9/h2-6,8,10,12H,7,11H2,1H3/t8-,10?/m1/s1. The Morgan fingerprint density at radius 2 is 1.92 bits per heavy atom. The van der Waals surface area contributed by atoms with Crippen molar-refractivity contribution < 1.29 is 5.11 Å². The zero-order chi connectivity index (χ0) is 8.97. The van der Waals surface area contributed by atoms with Crippen LogP contribution in [0, 0.1) is 5.92 Å². The Morgan fingerprint density at radius 3 is 2.42 bits per heavy atom. The highest BCUT2D eigenvalue weighted by Crippen LogP contribution is 2.17. The molecule has 12 heavy (non-hydrogen) atoms. The summed E-state index contributed by atoms with van der Waals surface area (Å²) in [5.74, 6) is 0.118. The molecule has 66 valence electrons. The lowest BCUT2D eigenvalue weighted by molar-refractivity contribution is 0.217. The van der Waals surface area contributed by atoms with Gasteiger partial charge in [-0.2, -0.15) is 0 Å². The summed E-state index contributed by atoms with van der Waals surface area (Å²) in [6.45, 7) is 2.08. The summed E-state index contributed by atoms with van der Waals surface area (Å²) in [6, 6.07) is 9.78. The lowest BCUT2D eigenvalue weighted by Gasteiger charge is -2.17. The van der Waals surface area contributed by atoms with Gasteiger partial charge in [0.25, 0.3) is 0 Å². The van der Waals surface area contributed by atoms with Crippen LogP contribution in [-0.2, 0) is 0 Å². The second-order valence-corrected chi connectivity index (χ2v) is 3.10. The highest BCUT2D eigenvalue weighted by molar-refractivity contribution is 5.18. The van der Waals surface area contributed by atoms with Crippen LogP contribution in [0.25, 0.3) is 0 Å². The van der Waals surface area contributed by atoms with Crippen molar-refractivity contribution in [1.29, 1.82) is 0 Å². The molecule has 0 bridgehead atoms. The third-order valence-corrected chi connectivity index (χ3v) is 2.09. The minimum Gasteiger partial charge on any atom is -0.396 e. The Kier molecular flexibility index (Phi) is 3.26. The third kappa shape index (κ3) is 2.06. The molecule has 1 rings (SSSR count). The van der Waals surface area contributed by atoms with E-state index in [4.69, 9.17) is 10.8 Å². The van der Waals surface area contributed by atoms with Crippen LogP contribution in [0.2, 0.25) is 0 Å². The Bertz CT molecular complexity index is 223. The second-order valence-electron chi connectivity index (χ2n) is 3.10. The maximum Gasteiger partial charge on any atom is 0.0474 e. The monoisotopic (exact) mass is 165 g/mol. The molecule has 0 saturated heterocycles. The van der Waals surface area contributed by atoms with Gasteiger partial charge >= 0.3 is 0 Å². The Hall–Kier alpha value is -0.860. The first-order valence-corrected chi connectivity index (χ1v) is 4.17. The number of aliphatic hydroxyl groups excluding tert-OH is 1. The van der Waals surface area contributed by atoms with Gasteiger partial charge in [0.1, 0.15) is 0 Å². The number of hydrogen-bond acceptors (Lipinski definition) is 2. The van der Waals surface area contributed by atoms with Crippen LogP contribution >= 0.6 is 0 Å². The summed E-state index contributed by atoms with van der Waals surface area (Å²) in [5.41, 5.74) is 6.97. The topological polar surface area (TPSA) is 46.2 Å². The summed E-state index contributed by atoms with van der Waals surface area (Å²) in [6.07, 6.45) is 0. The lowest BCUT2D eigenvalue weighted by atomic mass is 9.96. The van der Waals surface area contributed by atoms with Crippen molar-refractivity contribution in [2.24, 2.45) is 11.7 Å². The van der Waals surface area contributed by atoms with E-state index in [0.717, 1.165) is 5.56 Å². The van der Waals surface area contributed by atoms with E-state index in [9.17, 15) is 0 Å². The summed E-state index contributed by atoms with van der Waals surface area (Å²) >= 11 is 0. The van der Waals surface area contributed by atoms with Crippen molar-refractivity contribution >= 4 is 0 Å². The van der Waals surface area contributed by atoms with Gasteiger partial charge in [-0.1, -0.05) is 37.3 Å². The zero-order valence-corrected chi connectivity index (χ0v) is 7.27. The quantitative estimate of drug-likeness (QED) is 0.709. The molecule has 0 aromatic heterocycles. The first-order valence-electron chi connectivity index (χ1n) is 4.17. The average molecular weight is 165 g/mol. The molecule has 3 N–H and O–H groups in total. The summed E-state index contributed by atoms with van der Waals surface area (Å²) < 4.78 is 0. The highest BCUT2D eigenvalue weighted by atomic mass is 16.3. The summed E-state index contributed by atoms with van der Waals surface area (Å²) in [4.78, 5) is 0. The van der Waals surface area contributed by atoms with Crippen molar-refractivity contribution in [3.63, 3.8) is 0 Å². The minimum atomic E-state index is -0.0591. The smallest absolute Gasteiger partial charge is 0.0474 e. The molecule has 0 aliphatic carbocycles. The number of aliphatic hydroxyl groups is 1. The van der Waals surface area contributed by atoms with Crippen LogP contribution in [0.15, 0.2) is 30.3 Å². The fourth-order valence-corrected chi connectivity index (χ4v) is 1.12. The van der Waals surface area contributed by atoms with E-state index in [0.29, 0.717) is 0 Å². The van der Waals surface area contributed by atoms with E-state index in [2.05, 4.69) is 0 Å². The highest BCUT2D eigenvalue weighted by Gasteiger charge is 2.12. The van der Waals surface area contributed by atoms with E-state index in [1.807, 2.05) is 37.3 Å². The number of hydrogen-bond donors (Lipinski definition) is 2. The molecule has 2 heteroatoms. The molecule has 0 heterocycles. The maximum absolute atomic E-state index is 8.89. The van der Waals surface area contributed by atoms with Gasteiger partial charge in [0.05, 0.1) is 0 Å². The molecule has 2 nitrogen and oxygen atoms in total. The predicted molar refractivity (Wildman–Crippen MR) is 49.6 cm³/mol. The van der Waals surface area contributed by atoms with Crippen molar-refractivity contribution in [3.05, 3.63) is 35.9 Å². The largest absolute Gasteiger partial charge is 0.396 e. The second kappa shape index (κ2) is 4.24. The van der Waals surface area contributed by atoms with Gasteiger partial charge in [-0.05, 0) is 11.5 Å². The van der Waals surface area contributed by atoms with Crippen LogP contribution in [0.5, 0.6) is 0 Å². The minimum absolute atomic E-state index is 0.0591. The van der Waals surface area contributed by atoms with Gasteiger partial charge in [-0.15, -0.1) is 0 Å². The predicted octanol–water partition coefficient (Wildman–Crippen LogP) is 1.31. The van der Waals surface area contributed by atoms with Gasteiger partial charge in [0.2, 0.25) is 0 Å². The van der Waals surface area contributed by atoms with Gasteiger partial charge in [0.15, 0.2) is 0 Å². The maximum atomic E-state index is 8.89. The van der Waals surface area contributed by atoms with E-state index in [-0.39, 0.29) is 18.6 Å². The third-order valence-electron chi connectivity index (χ3n) is 2.09. The van der Waals surface area contributed by atoms with E-state index in [1.165, 1.54) is 0 Å². The fraction of sp³-hybridized carbons (Fsp3) is 0.400. The number of nitrogens with two attached hydrogens (primary N) is 1. The number of rotatable bonds is 3. The first kappa shape index (κ1) is 9.23. The van der Waals surface area contributed by atoms with Crippen LogP contribution < -0.4 is 5.73 Å². The van der Waals surface area contributed by atoms with Gasteiger partial charge in [-0.3, -0.25) is 0 Å². The van der Waals surface area contributed by atoms with Crippen molar-refractivity contribution in [3.8, 4) is 0 Å². The van der Waals surface area contributed by atoms with Gasteiger partial charge < -0.3 is 10.8 Å². The Morgan fingerprint density at radius 1 is 1.33 bits per heavy atom. The zero-order valence-electron chi connectivity index (χ0n) is 7.27. The molecule has 1 aromatic rings. The Labute approximate surface area is 73.0 Å². The van der Waals surface area contributed by atoms with Crippen molar-refractivity contribution in [2.75, 3.05) is 6.61 Å². The molecule has 0 aliphatic rings. The molecule has 2 atom stereocenters. The van der Waals surface area contributed by atoms with E-state index >= 15 is 0 Å². The molecule has 0 spiro atoms.